The molecule has 1 heterocycles. The van der Waals surface area contributed by atoms with E-state index >= 15 is 0 Å². The van der Waals surface area contributed by atoms with Crippen LogP contribution in [0, 0.1) is 6.92 Å². The molecule has 1 atom stereocenters. The zero-order valence-corrected chi connectivity index (χ0v) is 10.3. The summed E-state index contributed by atoms with van der Waals surface area (Å²) >= 11 is 5.97. The van der Waals surface area contributed by atoms with Gasteiger partial charge in [0.1, 0.15) is 0 Å². The minimum atomic E-state index is 0.136. The summed E-state index contributed by atoms with van der Waals surface area (Å²) in [6, 6.07) is 8.00. The SMILES string of the molecule is Cc1cc(CC(C)N)nc2ccc(Cl)cc12. The molecule has 0 fully saturated rings. The van der Waals surface area contributed by atoms with E-state index in [0.717, 1.165) is 28.0 Å². The fourth-order valence-electron chi connectivity index (χ4n) is 1.87. The number of nitrogens with zero attached hydrogens (tertiary/aromatic N) is 1. The van der Waals surface area contributed by atoms with Crippen molar-refractivity contribution < 1.29 is 0 Å². The van der Waals surface area contributed by atoms with Gasteiger partial charge in [-0.05, 0) is 43.7 Å². The van der Waals surface area contributed by atoms with Gasteiger partial charge < -0.3 is 5.73 Å². The first-order chi connectivity index (χ1) is 7.56. The predicted octanol–water partition coefficient (Wildman–Crippen LogP) is 3.09. The zero-order valence-electron chi connectivity index (χ0n) is 9.50. The highest BCUT2D eigenvalue weighted by Crippen LogP contribution is 2.22. The molecule has 3 heteroatoms. The van der Waals surface area contributed by atoms with Gasteiger partial charge in [-0.2, -0.15) is 0 Å². The molecule has 1 unspecified atom stereocenters. The van der Waals surface area contributed by atoms with Crippen LogP contribution in [-0.2, 0) is 6.42 Å². The van der Waals surface area contributed by atoms with Gasteiger partial charge in [-0.25, -0.2) is 0 Å². The third kappa shape index (κ3) is 2.34. The molecule has 2 rings (SSSR count). The Balaban J connectivity index is 2.55. The summed E-state index contributed by atoms with van der Waals surface area (Å²) in [5, 5.41) is 1.86. The van der Waals surface area contributed by atoms with Crippen LogP contribution < -0.4 is 5.73 Å². The van der Waals surface area contributed by atoms with E-state index in [4.69, 9.17) is 17.3 Å². The minimum Gasteiger partial charge on any atom is -0.328 e. The Hall–Kier alpha value is -1.12. The second-order valence-corrected chi connectivity index (χ2v) is 4.71. The van der Waals surface area contributed by atoms with Crippen LogP contribution in [0.3, 0.4) is 0 Å². The highest BCUT2D eigenvalue weighted by molar-refractivity contribution is 6.31. The number of aromatic nitrogens is 1. The normalized spacial score (nSPS) is 13.0. The number of pyridine rings is 1. The van der Waals surface area contributed by atoms with Gasteiger partial charge in [-0.15, -0.1) is 0 Å². The van der Waals surface area contributed by atoms with Crippen LogP contribution in [0.5, 0.6) is 0 Å². The molecule has 0 aliphatic heterocycles. The molecular formula is C13H15ClN2. The van der Waals surface area contributed by atoms with Crippen molar-refractivity contribution in [1.29, 1.82) is 0 Å². The molecule has 1 aromatic heterocycles. The Morgan fingerprint density at radius 1 is 1.38 bits per heavy atom. The van der Waals surface area contributed by atoms with Gasteiger partial charge in [0.05, 0.1) is 5.52 Å². The first-order valence-electron chi connectivity index (χ1n) is 5.37. The molecule has 0 saturated heterocycles. The molecule has 0 saturated carbocycles. The predicted molar refractivity (Wildman–Crippen MR) is 68.8 cm³/mol. The third-order valence-electron chi connectivity index (χ3n) is 2.56. The van der Waals surface area contributed by atoms with E-state index in [1.807, 2.05) is 25.1 Å². The van der Waals surface area contributed by atoms with Crippen molar-refractivity contribution in [3.8, 4) is 0 Å². The van der Waals surface area contributed by atoms with Gasteiger partial charge in [0.25, 0.3) is 0 Å². The van der Waals surface area contributed by atoms with Gasteiger partial charge >= 0.3 is 0 Å². The Kier molecular flexibility index (Phi) is 3.13. The average molecular weight is 235 g/mol. The summed E-state index contributed by atoms with van der Waals surface area (Å²) in [4.78, 5) is 4.58. The monoisotopic (exact) mass is 234 g/mol. The number of hydrogen-bond donors (Lipinski definition) is 1. The number of hydrogen-bond acceptors (Lipinski definition) is 2. The quantitative estimate of drug-likeness (QED) is 0.867. The molecule has 2 N–H and O–H groups in total. The molecule has 2 nitrogen and oxygen atoms in total. The van der Waals surface area contributed by atoms with Crippen LogP contribution in [0.2, 0.25) is 5.02 Å². The Morgan fingerprint density at radius 2 is 2.12 bits per heavy atom. The lowest BCUT2D eigenvalue weighted by Gasteiger charge is -2.08. The van der Waals surface area contributed by atoms with Crippen molar-refractivity contribution >= 4 is 22.5 Å². The fraction of sp³-hybridized carbons (Fsp3) is 0.308. The van der Waals surface area contributed by atoms with E-state index in [-0.39, 0.29) is 6.04 Å². The van der Waals surface area contributed by atoms with E-state index in [0.29, 0.717) is 0 Å². The first kappa shape index (κ1) is 11.4. The molecule has 1 aromatic carbocycles. The van der Waals surface area contributed by atoms with Crippen LogP contribution in [0.15, 0.2) is 24.3 Å². The van der Waals surface area contributed by atoms with Crippen molar-refractivity contribution in [2.45, 2.75) is 26.3 Å². The summed E-state index contributed by atoms with van der Waals surface area (Å²) in [6.45, 7) is 4.06. The standard InChI is InChI=1S/C13H15ClN2/c1-8-5-11(6-9(2)15)16-13-4-3-10(14)7-12(8)13/h3-5,7,9H,6,15H2,1-2H3. The van der Waals surface area contributed by atoms with Crippen molar-refractivity contribution in [2.24, 2.45) is 5.73 Å². The van der Waals surface area contributed by atoms with E-state index in [1.165, 1.54) is 5.56 Å². The van der Waals surface area contributed by atoms with Crippen LogP contribution in [0.25, 0.3) is 10.9 Å². The van der Waals surface area contributed by atoms with E-state index in [2.05, 4.69) is 18.0 Å². The van der Waals surface area contributed by atoms with Gasteiger partial charge in [0, 0.05) is 28.6 Å². The average Bonchev–Trinajstić information content (AvgIpc) is 2.18. The maximum atomic E-state index is 5.97. The fourth-order valence-corrected chi connectivity index (χ4v) is 2.04. The van der Waals surface area contributed by atoms with Crippen LogP contribution in [0.1, 0.15) is 18.2 Å². The Labute approximate surface area is 100 Å². The summed E-state index contributed by atoms with van der Waals surface area (Å²) in [7, 11) is 0. The molecule has 0 spiro atoms. The summed E-state index contributed by atoms with van der Waals surface area (Å²) in [6.07, 6.45) is 0.805. The number of benzene rings is 1. The molecular weight excluding hydrogens is 220 g/mol. The maximum absolute atomic E-state index is 5.97. The lowest BCUT2D eigenvalue weighted by molar-refractivity contribution is 0.724. The first-order valence-corrected chi connectivity index (χ1v) is 5.75. The summed E-state index contributed by atoms with van der Waals surface area (Å²) < 4.78 is 0. The topological polar surface area (TPSA) is 38.9 Å². The summed E-state index contributed by atoms with van der Waals surface area (Å²) in [5.74, 6) is 0. The van der Waals surface area contributed by atoms with Gasteiger partial charge in [0.2, 0.25) is 0 Å². The van der Waals surface area contributed by atoms with Crippen LogP contribution in [0.4, 0.5) is 0 Å². The van der Waals surface area contributed by atoms with Crippen LogP contribution >= 0.6 is 11.6 Å². The smallest absolute Gasteiger partial charge is 0.0709 e. The van der Waals surface area contributed by atoms with Crippen LogP contribution in [-0.4, -0.2) is 11.0 Å². The van der Waals surface area contributed by atoms with Crippen molar-refractivity contribution in [1.82, 2.24) is 4.98 Å². The maximum Gasteiger partial charge on any atom is 0.0709 e. The number of aryl methyl sites for hydroxylation is 1. The molecule has 0 aliphatic rings. The molecule has 2 aromatic rings. The molecule has 0 radical (unpaired) electrons. The van der Waals surface area contributed by atoms with Gasteiger partial charge in [0.15, 0.2) is 0 Å². The van der Waals surface area contributed by atoms with Crippen molar-refractivity contribution in [3.05, 3.63) is 40.5 Å². The Morgan fingerprint density at radius 3 is 2.81 bits per heavy atom. The molecule has 84 valence electrons. The molecule has 0 bridgehead atoms. The molecule has 16 heavy (non-hydrogen) atoms. The number of fused-ring (bicyclic) bond motifs is 1. The third-order valence-corrected chi connectivity index (χ3v) is 2.80. The minimum absolute atomic E-state index is 0.136. The van der Waals surface area contributed by atoms with E-state index < -0.39 is 0 Å². The number of halogens is 1. The lowest BCUT2D eigenvalue weighted by atomic mass is 10.1. The second kappa shape index (κ2) is 4.40. The zero-order chi connectivity index (χ0) is 11.7. The number of rotatable bonds is 2. The molecule has 0 amide bonds. The lowest BCUT2D eigenvalue weighted by Crippen LogP contribution is -2.18. The second-order valence-electron chi connectivity index (χ2n) is 4.27. The summed E-state index contributed by atoms with van der Waals surface area (Å²) in [5.41, 5.74) is 9.01. The van der Waals surface area contributed by atoms with Gasteiger partial charge in [-0.1, -0.05) is 11.6 Å². The van der Waals surface area contributed by atoms with Crippen molar-refractivity contribution in [3.63, 3.8) is 0 Å². The van der Waals surface area contributed by atoms with Crippen molar-refractivity contribution in [2.75, 3.05) is 0 Å². The van der Waals surface area contributed by atoms with E-state index in [1.54, 1.807) is 0 Å². The highest BCUT2D eigenvalue weighted by atomic mass is 35.5. The molecule has 0 aliphatic carbocycles. The highest BCUT2D eigenvalue weighted by Gasteiger charge is 2.05. The van der Waals surface area contributed by atoms with Gasteiger partial charge in [-0.3, -0.25) is 4.98 Å². The largest absolute Gasteiger partial charge is 0.328 e. The number of nitrogens with two attached hydrogens (primary N) is 1. The Bertz CT molecular complexity index is 521. The van der Waals surface area contributed by atoms with E-state index in [9.17, 15) is 0 Å².